The van der Waals surface area contributed by atoms with E-state index in [9.17, 15) is 0 Å². The highest BCUT2D eigenvalue weighted by atomic mass is 16.3. The van der Waals surface area contributed by atoms with E-state index in [0.29, 0.717) is 11.3 Å². The van der Waals surface area contributed by atoms with E-state index in [1.807, 2.05) is 6.07 Å². The third-order valence-electron chi connectivity index (χ3n) is 1.84. The van der Waals surface area contributed by atoms with Gasteiger partial charge in [-0.15, -0.1) is 10.5 Å². The molecule has 0 saturated carbocycles. The minimum Gasteiger partial charge on any atom is -0.492 e. The van der Waals surface area contributed by atoms with Gasteiger partial charge in [0.15, 0.2) is 0 Å². The molecule has 2 rings (SSSR count). The van der Waals surface area contributed by atoms with Crippen molar-refractivity contribution in [3.8, 4) is 6.07 Å². The van der Waals surface area contributed by atoms with Gasteiger partial charge in [-0.25, -0.2) is 0 Å². The standard InChI is InChI=1S/C10H6N3O/c11-6-7-1-3-8(4-2-7)9-5-10(14)13-12-9/h1-5,14H. The van der Waals surface area contributed by atoms with Crippen LogP contribution in [0.1, 0.15) is 11.1 Å². The highest BCUT2D eigenvalue weighted by molar-refractivity contribution is 6.09. The minimum absolute atomic E-state index is 0.0932. The normalized spacial score (nSPS) is 13.9. The number of rotatable bonds is 1. The summed E-state index contributed by atoms with van der Waals surface area (Å²) in [5.74, 6) is -0.0932. The molecule has 0 saturated heterocycles. The van der Waals surface area contributed by atoms with Gasteiger partial charge >= 0.3 is 0 Å². The first-order chi connectivity index (χ1) is 6.79. The van der Waals surface area contributed by atoms with Crippen LogP contribution in [0.2, 0.25) is 0 Å². The molecule has 1 aliphatic heterocycles. The number of nitrogens with zero attached hydrogens (tertiary/aromatic N) is 3. The van der Waals surface area contributed by atoms with E-state index >= 15 is 0 Å². The summed E-state index contributed by atoms with van der Waals surface area (Å²) in [6.45, 7) is 0. The maximum absolute atomic E-state index is 8.99. The topological polar surface area (TPSA) is 70.5 Å². The Morgan fingerprint density at radius 2 is 1.93 bits per heavy atom. The largest absolute Gasteiger partial charge is 0.492 e. The fourth-order valence-electron chi connectivity index (χ4n) is 1.14. The van der Waals surface area contributed by atoms with Crippen LogP contribution in [-0.2, 0) is 0 Å². The van der Waals surface area contributed by atoms with Crippen molar-refractivity contribution in [3.63, 3.8) is 0 Å². The van der Waals surface area contributed by atoms with Crippen LogP contribution in [0.3, 0.4) is 0 Å². The van der Waals surface area contributed by atoms with E-state index in [1.165, 1.54) is 6.08 Å². The van der Waals surface area contributed by atoms with Gasteiger partial charge in [0, 0.05) is 11.6 Å². The zero-order valence-electron chi connectivity index (χ0n) is 7.18. The van der Waals surface area contributed by atoms with Crippen LogP contribution >= 0.6 is 0 Å². The third-order valence-corrected chi connectivity index (χ3v) is 1.84. The van der Waals surface area contributed by atoms with E-state index in [4.69, 9.17) is 10.4 Å². The van der Waals surface area contributed by atoms with Crippen molar-refractivity contribution in [2.24, 2.45) is 5.10 Å². The molecule has 0 unspecified atom stereocenters. The predicted molar refractivity (Wildman–Crippen MR) is 50.5 cm³/mol. The van der Waals surface area contributed by atoms with Crippen molar-refractivity contribution in [2.45, 2.75) is 0 Å². The van der Waals surface area contributed by atoms with Gasteiger partial charge in [-0.2, -0.15) is 5.26 Å². The highest BCUT2D eigenvalue weighted by Crippen LogP contribution is 2.10. The Balaban J connectivity index is 2.31. The number of hydrogen-bond acceptors (Lipinski definition) is 3. The number of allylic oxidation sites excluding steroid dienone is 1. The van der Waals surface area contributed by atoms with Gasteiger partial charge < -0.3 is 5.11 Å². The van der Waals surface area contributed by atoms with Crippen LogP contribution < -0.4 is 5.43 Å². The van der Waals surface area contributed by atoms with Crippen molar-refractivity contribution in [3.05, 3.63) is 47.4 Å². The van der Waals surface area contributed by atoms with Gasteiger partial charge in [0.25, 0.3) is 0 Å². The second-order valence-electron chi connectivity index (χ2n) is 2.78. The lowest BCUT2D eigenvalue weighted by Crippen LogP contribution is -1.93. The summed E-state index contributed by atoms with van der Waals surface area (Å²) >= 11 is 0. The molecule has 67 valence electrons. The molecule has 0 fully saturated rings. The van der Waals surface area contributed by atoms with E-state index in [0.717, 1.165) is 5.56 Å². The van der Waals surface area contributed by atoms with Crippen LogP contribution in [0.25, 0.3) is 0 Å². The fraction of sp³-hybridized carbons (Fsp3) is 0. The average Bonchev–Trinajstić information content (AvgIpc) is 2.65. The fourth-order valence-corrected chi connectivity index (χ4v) is 1.14. The molecule has 1 aliphatic rings. The number of aliphatic hydroxyl groups is 1. The van der Waals surface area contributed by atoms with Gasteiger partial charge in [-0.3, -0.25) is 0 Å². The molecule has 0 spiro atoms. The maximum atomic E-state index is 8.99. The van der Waals surface area contributed by atoms with Crippen LogP contribution in [-0.4, -0.2) is 10.8 Å². The summed E-state index contributed by atoms with van der Waals surface area (Å²) in [5, 5.41) is 21.3. The summed E-state index contributed by atoms with van der Waals surface area (Å²) in [7, 11) is 0. The molecule has 0 bridgehead atoms. The van der Waals surface area contributed by atoms with Gasteiger partial charge in [-0.05, 0) is 12.1 Å². The number of nitriles is 1. The lowest BCUT2D eigenvalue weighted by atomic mass is 10.1. The van der Waals surface area contributed by atoms with Crippen molar-refractivity contribution >= 4 is 5.71 Å². The first-order valence-electron chi connectivity index (χ1n) is 3.99. The Hall–Kier alpha value is -2.28. The molecule has 1 aromatic carbocycles. The average molecular weight is 184 g/mol. The Morgan fingerprint density at radius 1 is 1.21 bits per heavy atom. The Kier molecular flexibility index (Phi) is 1.92. The first kappa shape index (κ1) is 8.32. The molecule has 1 radical (unpaired) electrons. The molecule has 1 N–H and O–H groups in total. The molecule has 0 aliphatic carbocycles. The van der Waals surface area contributed by atoms with Gasteiger partial charge in [0.1, 0.15) is 0 Å². The molecule has 4 heteroatoms. The second kappa shape index (κ2) is 3.23. The summed E-state index contributed by atoms with van der Waals surface area (Å²) in [4.78, 5) is 0. The SMILES string of the molecule is N#Cc1ccc(C2=N[N]C(O)=C2)cc1. The zero-order valence-corrected chi connectivity index (χ0v) is 7.18. The molecule has 4 nitrogen and oxygen atoms in total. The van der Waals surface area contributed by atoms with E-state index in [2.05, 4.69) is 10.5 Å². The van der Waals surface area contributed by atoms with E-state index < -0.39 is 0 Å². The smallest absolute Gasteiger partial charge is 0.233 e. The van der Waals surface area contributed by atoms with Crippen molar-refractivity contribution in [1.82, 2.24) is 5.43 Å². The summed E-state index contributed by atoms with van der Waals surface area (Å²) < 4.78 is 0. The predicted octanol–water partition coefficient (Wildman–Crippen LogP) is 1.28. The van der Waals surface area contributed by atoms with Crippen LogP contribution in [0.4, 0.5) is 0 Å². The number of benzene rings is 1. The number of aliphatic hydroxyl groups excluding tert-OH is 1. The van der Waals surface area contributed by atoms with Crippen LogP contribution in [0.5, 0.6) is 0 Å². The van der Waals surface area contributed by atoms with E-state index in [-0.39, 0.29) is 5.88 Å². The third kappa shape index (κ3) is 1.43. The molecule has 0 aromatic heterocycles. The zero-order chi connectivity index (χ0) is 9.97. The quantitative estimate of drug-likeness (QED) is 0.714. The Bertz CT molecular complexity index is 451. The van der Waals surface area contributed by atoms with Crippen LogP contribution in [0.15, 0.2) is 41.3 Å². The molecule has 1 aromatic rings. The summed E-state index contributed by atoms with van der Waals surface area (Å²) in [5.41, 5.74) is 5.51. The van der Waals surface area contributed by atoms with Gasteiger partial charge in [-0.1, -0.05) is 12.1 Å². The maximum Gasteiger partial charge on any atom is 0.233 e. The van der Waals surface area contributed by atoms with Gasteiger partial charge in [0.05, 0.1) is 17.3 Å². The Labute approximate surface area is 80.8 Å². The molecule has 1 heterocycles. The molecule has 0 amide bonds. The second-order valence-corrected chi connectivity index (χ2v) is 2.78. The number of hydrogen-bond donors (Lipinski definition) is 1. The molecular weight excluding hydrogens is 178 g/mol. The molecular formula is C10H6N3O. The Morgan fingerprint density at radius 3 is 2.43 bits per heavy atom. The van der Waals surface area contributed by atoms with Crippen LogP contribution in [0, 0.1) is 11.3 Å². The summed E-state index contributed by atoms with van der Waals surface area (Å²) in [6, 6.07) is 8.95. The molecule has 0 atom stereocenters. The minimum atomic E-state index is -0.0932. The highest BCUT2D eigenvalue weighted by Gasteiger charge is 2.09. The first-order valence-corrected chi connectivity index (χ1v) is 3.99. The lowest BCUT2D eigenvalue weighted by molar-refractivity contribution is 0.370. The van der Waals surface area contributed by atoms with Crippen molar-refractivity contribution < 1.29 is 5.11 Å². The van der Waals surface area contributed by atoms with Gasteiger partial charge in [0.2, 0.25) is 5.88 Å². The molecule has 14 heavy (non-hydrogen) atoms. The van der Waals surface area contributed by atoms with Crippen molar-refractivity contribution in [1.29, 1.82) is 5.26 Å². The monoisotopic (exact) mass is 184 g/mol. The summed E-state index contributed by atoms with van der Waals surface area (Å²) in [6.07, 6.45) is 1.47. The lowest BCUT2D eigenvalue weighted by Gasteiger charge is -1.95. The van der Waals surface area contributed by atoms with Crippen molar-refractivity contribution in [2.75, 3.05) is 0 Å². The van der Waals surface area contributed by atoms with E-state index in [1.54, 1.807) is 24.3 Å².